The lowest BCUT2D eigenvalue weighted by atomic mass is 10.3. The van der Waals surface area contributed by atoms with Gasteiger partial charge in [-0.15, -0.1) is 0 Å². The van der Waals surface area contributed by atoms with Gasteiger partial charge in [-0.05, 0) is 32.9 Å². The van der Waals surface area contributed by atoms with Crippen LogP contribution in [0.15, 0.2) is 12.2 Å². The Morgan fingerprint density at radius 3 is 1.88 bits per heavy atom. The molecule has 0 atom stereocenters. The van der Waals surface area contributed by atoms with Crippen molar-refractivity contribution < 1.29 is 4.79 Å². The highest BCUT2D eigenvalue weighted by Gasteiger charge is 2.12. The zero-order chi connectivity index (χ0) is 12.4. The molecule has 0 saturated carbocycles. The Hall–Kier alpha value is -0.870. The van der Waals surface area contributed by atoms with Gasteiger partial charge in [0.2, 0.25) is 0 Å². The zero-order valence-corrected chi connectivity index (χ0v) is 10.8. The summed E-state index contributed by atoms with van der Waals surface area (Å²) in [7, 11) is 0. The molecular weight excluding hydrogens is 202 g/mol. The van der Waals surface area contributed by atoms with Crippen molar-refractivity contribution in [3.05, 3.63) is 12.2 Å². The van der Waals surface area contributed by atoms with Crippen molar-refractivity contribution in [2.45, 2.75) is 33.6 Å². The first-order valence-corrected chi connectivity index (χ1v) is 5.99. The quantitative estimate of drug-likeness (QED) is 0.354. The number of hydrogen-bond donors (Lipinski definition) is 2. The molecule has 0 spiro atoms. The molecule has 0 rings (SSSR count). The van der Waals surface area contributed by atoms with Crippen molar-refractivity contribution in [2.24, 2.45) is 0 Å². The number of rotatable bonds is 9. The van der Waals surface area contributed by atoms with Crippen LogP contribution in [0.25, 0.3) is 0 Å². The highest BCUT2D eigenvalue weighted by molar-refractivity contribution is 5.92. The average Bonchev–Trinajstić information content (AvgIpc) is 2.26. The molecule has 0 aromatic carbocycles. The Morgan fingerprint density at radius 2 is 1.56 bits per heavy atom. The van der Waals surface area contributed by atoms with Crippen molar-refractivity contribution in [1.82, 2.24) is 15.5 Å². The highest BCUT2D eigenvalue weighted by Crippen LogP contribution is 1.96. The van der Waals surface area contributed by atoms with E-state index in [4.69, 9.17) is 0 Å². The van der Waals surface area contributed by atoms with E-state index in [0.717, 1.165) is 25.9 Å². The van der Waals surface area contributed by atoms with E-state index in [2.05, 4.69) is 31.1 Å². The first kappa shape index (κ1) is 15.1. The largest absolute Gasteiger partial charge is 0.313 e. The first-order chi connectivity index (χ1) is 7.63. The molecule has 0 aliphatic heterocycles. The van der Waals surface area contributed by atoms with Crippen molar-refractivity contribution in [3.63, 3.8) is 0 Å². The van der Waals surface area contributed by atoms with E-state index < -0.39 is 0 Å². The average molecular weight is 227 g/mol. The van der Waals surface area contributed by atoms with Gasteiger partial charge < -0.3 is 4.90 Å². The Kier molecular flexibility index (Phi) is 8.85. The van der Waals surface area contributed by atoms with Gasteiger partial charge in [0.1, 0.15) is 0 Å². The standard InChI is InChI=1S/C12H25N3O/c1-5-7-13-9-15(10-14-8-6-2)12(16)11(3)4/h13-14H,3,5-10H2,1-2,4H3. The summed E-state index contributed by atoms with van der Waals surface area (Å²) in [6.45, 7) is 12.6. The fourth-order valence-electron chi connectivity index (χ4n) is 1.25. The number of carbonyl (C=O) groups is 1. The van der Waals surface area contributed by atoms with Crippen LogP contribution in [-0.4, -0.2) is 37.2 Å². The fraction of sp³-hybridized carbons (Fsp3) is 0.750. The lowest BCUT2D eigenvalue weighted by molar-refractivity contribution is -0.127. The van der Waals surface area contributed by atoms with Gasteiger partial charge in [0.05, 0.1) is 13.3 Å². The maximum Gasteiger partial charge on any atom is 0.250 e. The Balaban J connectivity index is 4.05. The number of hydrogen-bond acceptors (Lipinski definition) is 3. The molecule has 4 nitrogen and oxygen atoms in total. The monoisotopic (exact) mass is 227 g/mol. The van der Waals surface area contributed by atoms with Crippen LogP contribution in [-0.2, 0) is 4.79 Å². The van der Waals surface area contributed by atoms with Crippen LogP contribution in [0.4, 0.5) is 0 Å². The predicted octanol–water partition coefficient (Wildman–Crippen LogP) is 1.31. The van der Waals surface area contributed by atoms with E-state index in [0.29, 0.717) is 18.9 Å². The highest BCUT2D eigenvalue weighted by atomic mass is 16.2. The molecule has 94 valence electrons. The molecule has 0 aliphatic rings. The molecule has 0 unspecified atom stereocenters. The molecule has 0 radical (unpaired) electrons. The summed E-state index contributed by atoms with van der Waals surface area (Å²) < 4.78 is 0. The van der Waals surface area contributed by atoms with Gasteiger partial charge in [-0.3, -0.25) is 15.4 Å². The van der Waals surface area contributed by atoms with Crippen LogP contribution < -0.4 is 10.6 Å². The second kappa shape index (κ2) is 9.36. The van der Waals surface area contributed by atoms with E-state index in [1.807, 2.05) is 0 Å². The first-order valence-electron chi connectivity index (χ1n) is 5.99. The third-order valence-electron chi connectivity index (χ3n) is 2.11. The molecule has 16 heavy (non-hydrogen) atoms. The SMILES string of the molecule is C=C(C)C(=O)N(CNCCC)CNCCC. The van der Waals surface area contributed by atoms with E-state index >= 15 is 0 Å². The lowest BCUT2D eigenvalue weighted by Crippen LogP contribution is -2.44. The minimum absolute atomic E-state index is 0.00667. The molecule has 2 N–H and O–H groups in total. The third kappa shape index (κ3) is 6.58. The third-order valence-corrected chi connectivity index (χ3v) is 2.11. The summed E-state index contributed by atoms with van der Waals surface area (Å²) in [4.78, 5) is 13.5. The number of carbonyl (C=O) groups excluding carboxylic acids is 1. The van der Waals surface area contributed by atoms with Gasteiger partial charge in [0, 0.05) is 5.57 Å². The number of nitrogens with one attached hydrogen (secondary N) is 2. The van der Waals surface area contributed by atoms with E-state index in [1.165, 1.54) is 0 Å². The van der Waals surface area contributed by atoms with Crippen molar-refractivity contribution in [1.29, 1.82) is 0 Å². The van der Waals surface area contributed by atoms with Crippen LogP contribution in [0.3, 0.4) is 0 Å². The van der Waals surface area contributed by atoms with Crippen molar-refractivity contribution >= 4 is 5.91 Å². The minimum atomic E-state index is 0.00667. The van der Waals surface area contributed by atoms with Gasteiger partial charge >= 0.3 is 0 Å². The van der Waals surface area contributed by atoms with E-state index in [1.54, 1.807) is 11.8 Å². The number of amides is 1. The summed E-state index contributed by atoms with van der Waals surface area (Å²) in [5.41, 5.74) is 0.580. The zero-order valence-electron chi connectivity index (χ0n) is 10.8. The van der Waals surface area contributed by atoms with Crippen LogP contribution >= 0.6 is 0 Å². The number of nitrogens with zero attached hydrogens (tertiary/aromatic N) is 1. The molecule has 4 heteroatoms. The van der Waals surface area contributed by atoms with Gasteiger partial charge in [0.15, 0.2) is 0 Å². The molecule has 0 heterocycles. The van der Waals surface area contributed by atoms with E-state index in [9.17, 15) is 4.79 Å². The van der Waals surface area contributed by atoms with Gasteiger partial charge in [0.25, 0.3) is 5.91 Å². The summed E-state index contributed by atoms with van der Waals surface area (Å²) in [6, 6.07) is 0. The van der Waals surface area contributed by atoms with E-state index in [-0.39, 0.29) is 5.91 Å². The molecule has 0 bridgehead atoms. The smallest absolute Gasteiger partial charge is 0.250 e. The van der Waals surface area contributed by atoms with Gasteiger partial charge in [-0.2, -0.15) is 0 Å². The minimum Gasteiger partial charge on any atom is -0.313 e. The summed E-state index contributed by atoms with van der Waals surface area (Å²) in [5, 5.41) is 6.44. The molecule has 0 aromatic rings. The second-order valence-corrected chi connectivity index (χ2v) is 3.94. The normalized spacial score (nSPS) is 10.2. The fourth-order valence-corrected chi connectivity index (χ4v) is 1.25. The van der Waals surface area contributed by atoms with Crippen LogP contribution in [0.1, 0.15) is 33.6 Å². The summed E-state index contributed by atoms with van der Waals surface area (Å²) in [5.74, 6) is 0.00667. The lowest BCUT2D eigenvalue weighted by Gasteiger charge is -2.23. The van der Waals surface area contributed by atoms with Crippen molar-refractivity contribution in [2.75, 3.05) is 26.4 Å². The maximum absolute atomic E-state index is 11.8. The predicted molar refractivity (Wildman–Crippen MR) is 68.0 cm³/mol. The molecule has 0 aromatic heterocycles. The summed E-state index contributed by atoms with van der Waals surface area (Å²) in [6.07, 6.45) is 2.13. The molecule has 0 fully saturated rings. The van der Waals surface area contributed by atoms with Crippen molar-refractivity contribution in [3.8, 4) is 0 Å². The molecule has 0 aliphatic carbocycles. The maximum atomic E-state index is 11.8. The van der Waals surface area contributed by atoms with Gasteiger partial charge in [-0.1, -0.05) is 20.4 Å². The Bertz CT molecular complexity index is 206. The summed E-state index contributed by atoms with van der Waals surface area (Å²) >= 11 is 0. The Labute approximate surface area is 99.1 Å². The van der Waals surface area contributed by atoms with Crippen LogP contribution in [0, 0.1) is 0 Å². The van der Waals surface area contributed by atoms with Gasteiger partial charge in [-0.25, -0.2) is 0 Å². The second-order valence-electron chi connectivity index (χ2n) is 3.94. The molecule has 0 saturated heterocycles. The van der Waals surface area contributed by atoms with Crippen LogP contribution in [0.2, 0.25) is 0 Å². The topological polar surface area (TPSA) is 44.4 Å². The van der Waals surface area contributed by atoms with Crippen LogP contribution in [0.5, 0.6) is 0 Å². The Morgan fingerprint density at radius 1 is 1.12 bits per heavy atom. The molecule has 1 amide bonds. The molecular formula is C12H25N3O.